The fraction of sp³-hybridized carbons (Fsp3) is 0.550. The Labute approximate surface area is 142 Å². The number of benzene rings is 1. The number of allylic oxidation sites excluding steroid dienone is 2. The molecule has 1 saturated carbocycles. The number of carbonyl (C=O) groups excluding carboxylic acids is 1. The highest BCUT2D eigenvalue weighted by Crippen LogP contribution is 2.60. The zero-order chi connectivity index (χ0) is 17.4. The van der Waals surface area contributed by atoms with Crippen molar-refractivity contribution in [3.8, 4) is 17.2 Å². The van der Waals surface area contributed by atoms with Gasteiger partial charge in [0, 0.05) is 23.0 Å². The molecule has 4 heteroatoms. The van der Waals surface area contributed by atoms with Gasteiger partial charge in [-0.1, -0.05) is 32.8 Å². The molecule has 3 aliphatic rings. The average Bonchev–Trinajstić information content (AvgIpc) is 2.88. The molecule has 0 saturated heterocycles. The first-order valence-corrected chi connectivity index (χ1v) is 8.71. The standard InChI is InChI=1S/C20H24O4/c1-10-8-11-16(22)14-12(21)9-13-19(2,3)6-5-7-20(13,4)15(14)17(23)18(11)24-10/h9-10,22-23H,5-8H2,1-4H3. The first-order chi connectivity index (χ1) is 11.2. The molecule has 2 N–H and O–H groups in total. The lowest BCUT2D eigenvalue weighted by atomic mass is 9.55. The summed E-state index contributed by atoms with van der Waals surface area (Å²) < 4.78 is 5.76. The first-order valence-electron chi connectivity index (χ1n) is 8.71. The third-order valence-electron chi connectivity index (χ3n) is 6.18. The third-order valence-corrected chi connectivity index (χ3v) is 6.18. The summed E-state index contributed by atoms with van der Waals surface area (Å²) in [5, 5.41) is 21.7. The second-order valence-corrected chi connectivity index (χ2v) is 8.38. The van der Waals surface area contributed by atoms with E-state index in [-0.39, 0.29) is 34.4 Å². The lowest BCUT2D eigenvalue weighted by molar-refractivity contribution is 0.102. The third kappa shape index (κ3) is 1.77. The van der Waals surface area contributed by atoms with E-state index in [1.54, 1.807) is 6.08 Å². The summed E-state index contributed by atoms with van der Waals surface area (Å²) >= 11 is 0. The molecule has 24 heavy (non-hydrogen) atoms. The summed E-state index contributed by atoms with van der Waals surface area (Å²) in [5.41, 5.74) is 1.89. The quantitative estimate of drug-likeness (QED) is 0.706. The molecule has 1 fully saturated rings. The van der Waals surface area contributed by atoms with Gasteiger partial charge in [-0.3, -0.25) is 4.79 Å². The highest BCUT2D eigenvalue weighted by Gasteiger charge is 2.50. The molecule has 1 aliphatic heterocycles. The first kappa shape index (κ1) is 15.6. The molecule has 2 atom stereocenters. The molecule has 1 aromatic carbocycles. The summed E-state index contributed by atoms with van der Waals surface area (Å²) in [6.45, 7) is 8.28. The van der Waals surface area contributed by atoms with E-state index in [9.17, 15) is 15.0 Å². The van der Waals surface area contributed by atoms with Crippen molar-refractivity contribution in [3.05, 3.63) is 28.3 Å². The monoisotopic (exact) mass is 328 g/mol. The van der Waals surface area contributed by atoms with Gasteiger partial charge in [0.15, 0.2) is 17.3 Å². The number of hydrogen-bond donors (Lipinski definition) is 2. The number of phenols is 2. The molecule has 0 aromatic heterocycles. The molecular formula is C20H24O4. The van der Waals surface area contributed by atoms with Crippen LogP contribution in [0.15, 0.2) is 11.6 Å². The van der Waals surface area contributed by atoms with E-state index < -0.39 is 5.41 Å². The molecule has 2 unspecified atom stereocenters. The second-order valence-electron chi connectivity index (χ2n) is 8.38. The predicted octanol–water partition coefficient (Wildman–Crippen LogP) is 4.01. The van der Waals surface area contributed by atoms with Gasteiger partial charge in [-0.15, -0.1) is 0 Å². The maximum atomic E-state index is 12.8. The second kappa shape index (κ2) is 4.56. The zero-order valence-corrected chi connectivity index (χ0v) is 14.7. The van der Waals surface area contributed by atoms with Crippen LogP contribution in [0.2, 0.25) is 0 Å². The molecule has 0 amide bonds. The van der Waals surface area contributed by atoms with Crippen LogP contribution in [0, 0.1) is 5.41 Å². The van der Waals surface area contributed by atoms with Crippen molar-refractivity contribution in [2.75, 3.05) is 0 Å². The van der Waals surface area contributed by atoms with Crippen molar-refractivity contribution in [2.24, 2.45) is 5.41 Å². The van der Waals surface area contributed by atoms with Crippen LogP contribution in [0.1, 0.15) is 68.4 Å². The summed E-state index contributed by atoms with van der Waals surface area (Å²) in [6, 6.07) is 0. The Hall–Kier alpha value is -1.97. The van der Waals surface area contributed by atoms with Gasteiger partial charge in [-0.2, -0.15) is 0 Å². The van der Waals surface area contributed by atoms with E-state index in [0.29, 0.717) is 23.3 Å². The molecule has 0 radical (unpaired) electrons. The van der Waals surface area contributed by atoms with Gasteiger partial charge in [0.05, 0.1) is 5.56 Å². The maximum Gasteiger partial charge on any atom is 0.190 e. The lowest BCUT2D eigenvalue weighted by Crippen LogP contribution is -2.41. The van der Waals surface area contributed by atoms with Crippen LogP contribution >= 0.6 is 0 Å². The molecule has 0 bridgehead atoms. The Morgan fingerprint density at radius 2 is 1.88 bits per heavy atom. The van der Waals surface area contributed by atoms with Gasteiger partial charge in [0.2, 0.25) is 0 Å². The van der Waals surface area contributed by atoms with Crippen molar-refractivity contribution in [1.82, 2.24) is 0 Å². The summed E-state index contributed by atoms with van der Waals surface area (Å²) in [6.07, 6.45) is 4.98. The number of fused-ring (bicyclic) bond motifs is 4. The van der Waals surface area contributed by atoms with Gasteiger partial charge in [0.1, 0.15) is 11.9 Å². The van der Waals surface area contributed by atoms with E-state index in [1.165, 1.54) is 0 Å². The molecule has 1 heterocycles. The van der Waals surface area contributed by atoms with Crippen LogP contribution < -0.4 is 4.74 Å². The van der Waals surface area contributed by atoms with Crippen molar-refractivity contribution < 1.29 is 19.7 Å². The highest BCUT2D eigenvalue weighted by atomic mass is 16.5. The van der Waals surface area contributed by atoms with Gasteiger partial charge in [0.25, 0.3) is 0 Å². The van der Waals surface area contributed by atoms with Gasteiger partial charge in [-0.05, 0) is 31.3 Å². The minimum absolute atomic E-state index is 0.00736. The minimum atomic E-state index is -0.448. The number of hydrogen-bond acceptors (Lipinski definition) is 4. The normalized spacial score (nSPS) is 30.1. The summed E-state index contributed by atoms with van der Waals surface area (Å²) in [4.78, 5) is 12.8. The van der Waals surface area contributed by atoms with Gasteiger partial charge < -0.3 is 14.9 Å². The molecule has 4 rings (SSSR count). The van der Waals surface area contributed by atoms with Crippen LogP contribution in [0.5, 0.6) is 17.2 Å². The molecular weight excluding hydrogens is 304 g/mol. The Balaban J connectivity index is 2.05. The number of ether oxygens (including phenoxy) is 1. The van der Waals surface area contributed by atoms with E-state index in [1.807, 2.05) is 6.92 Å². The molecule has 2 aliphatic carbocycles. The zero-order valence-electron chi connectivity index (χ0n) is 14.7. The van der Waals surface area contributed by atoms with E-state index in [4.69, 9.17) is 4.74 Å². The highest BCUT2D eigenvalue weighted by molar-refractivity contribution is 6.11. The van der Waals surface area contributed by atoms with E-state index in [0.717, 1.165) is 24.8 Å². The molecule has 1 aromatic rings. The van der Waals surface area contributed by atoms with E-state index >= 15 is 0 Å². The smallest absolute Gasteiger partial charge is 0.190 e. The maximum absolute atomic E-state index is 12.8. The minimum Gasteiger partial charge on any atom is -0.507 e. The van der Waals surface area contributed by atoms with Gasteiger partial charge >= 0.3 is 0 Å². The van der Waals surface area contributed by atoms with Crippen LogP contribution in [0.3, 0.4) is 0 Å². The largest absolute Gasteiger partial charge is 0.507 e. The van der Waals surface area contributed by atoms with Crippen molar-refractivity contribution in [1.29, 1.82) is 0 Å². The Bertz CT molecular complexity index is 803. The predicted molar refractivity (Wildman–Crippen MR) is 91.0 cm³/mol. The SMILES string of the molecule is CC1Cc2c(O)c3c(c(O)c2O1)C1(C)CCCC(C)(C)C1=CC3=O. The Morgan fingerprint density at radius 1 is 1.17 bits per heavy atom. The summed E-state index contributed by atoms with van der Waals surface area (Å²) in [5.74, 6) is 0.188. The fourth-order valence-electron chi connectivity index (χ4n) is 5.09. The lowest BCUT2D eigenvalue weighted by Gasteiger charge is -2.48. The van der Waals surface area contributed by atoms with Crippen molar-refractivity contribution in [3.63, 3.8) is 0 Å². The summed E-state index contributed by atoms with van der Waals surface area (Å²) in [7, 11) is 0. The van der Waals surface area contributed by atoms with Crippen LogP contribution in [-0.4, -0.2) is 22.1 Å². The fourth-order valence-corrected chi connectivity index (χ4v) is 5.09. The number of aromatic hydroxyl groups is 2. The molecule has 0 spiro atoms. The number of rotatable bonds is 0. The Kier molecular flexibility index (Phi) is 2.95. The van der Waals surface area contributed by atoms with Crippen LogP contribution in [0.4, 0.5) is 0 Å². The topological polar surface area (TPSA) is 66.8 Å². The molecule has 4 nitrogen and oxygen atoms in total. The number of phenolic OH excluding ortho intramolecular Hbond substituents is 2. The van der Waals surface area contributed by atoms with E-state index in [2.05, 4.69) is 20.8 Å². The van der Waals surface area contributed by atoms with Gasteiger partial charge in [-0.25, -0.2) is 0 Å². The van der Waals surface area contributed by atoms with Crippen LogP contribution in [0.25, 0.3) is 0 Å². The van der Waals surface area contributed by atoms with Crippen molar-refractivity contribution in [2.45, 2.75) is 64.9 Å². The number of ketones is 1. The van der Waals surface area contributed by atoms with Crippen molar-refractivity contribution >= 4 is 5.78 Å². The number of carbonyl (C=O) groups is 1. The average molecular weight is 328 g/mol. The van der Waals surface area contributed by atoms with Crippen LogP contribution in [-0.2, 0) is 11.8 Å². The Morgan fingerprint density at radius 3 is 2.58 bits per heavy atom. The molecule has 128 valence electrons.